The first-order chi connectivity index (χ1) is 6.91. The van der Waals surface area contributed by atoms with Gasteiger partial charge in [-0.3, -0.25) is 9.59 Å². The summed E-state index contributed by atoms with van der Waals surface area (Å²) in [7, 11) is 0. The minimum absolute atomic E-state index is 0.111. The molecule has 5 nitrogen and oxygen atoms in total. The molecule has 0 amide bonds. The molecule has 0 saturated heterocycles. The van der Waals surface area contributed by atoms with E-state index < -0.39 is 12.0 Å². The lowest BCUT2D eigenvalue weighted by Crippen LogP contribution is -2.25. The van der Waals surface area contributed by atoms with Gasteiger partial charge in [-0.1, -0.05) is 0 Å². The van der Waals surface area contributed by atoms with Crippen molar-refractivity contribution < 1.29 is 14.7 Å². The number of rotatable bonds is 4. The third kappa shape index (κ3) is 2.76. The van der Waals surface area contributed by atoms with Crippen molar-refractivity contribution in [1.82, 2.24) is 4.98 Å². The summed E-state index contributed by atoms with van der Waals surface area (Å²) in [6.07, 6.45) is 0. The van der Waals surface area contributed by atoms with Crippen LogP contribution in [0, 0.1) is 6.92 Å². The molecule has 0 aliphatic carbocycles. The van der Waals surface area contributed by atoms with Gasteiger partial charge in [-0.05, 0) is 13.8 Å². The highest BCUT2D eigenvalue weighted by Gasteiger charge is 2.15. The number of Topliss-reactive ketones (excluding diaryl/α,β-unsaturated/α-hetero) is 1. The van der Waals surface area contributed by atoms with E-state index in [4.69, 9.17) is 5.11 Å². The van der Waals surface area contributed by atoms with Crippen LogP contribution in [-0.2, 0) is 4.79 Å². The van der Waals surface area contributed by atoms with Gasteiger partial charge in [0.05, 0.1) is 0 Å². The van der Waals surface area contributed by atoms with E-state index >= 15 is 0 Å². The fraction of sp³-hybridized carbons (Fsp3) is 0.444. The van der Waals surface area contributed by atoms with Crippen molar-refractivity contribution in [2.45, 2.75) is 26.8 Å². The van der Waals surface area contributed by atoms with Crippen molar-refractivity contribution in [3.8, 4) is 0 Å². The Morgan fingerprint density at radius 2 is 2.13 bits per heavy atom. The number of aryl methyl sites for hydroxylation is 1. The monoisotopic (exact) mass is 228 g/mol. The standard InChI is InChI=1S/C9H12N2O3S/c1-4(8(13)14)10-9-11-7(5(2)12)6(3)15-9/h4H,1-3H3,(H,10,11)(H,13,14). The molecule has 0 aliphatic heterocycles. The minimum atomic E-state index is -0.952. The molecule has 1 unspecified atom stereocenters. The van der Waals surface area contributed by atoms with E-state index in [2.05, 4.69) is 10.3 Å². The number of ketones is 1. The SMILES string of the molecule is CC(=O)c1nc(NC(C)C(=O)O)sc1C. The fourth-order valence-electron chi connectivity index (χ4n) is 1.03. The van der Waals surface area contributed by atoms with Crippen LogP contribution in [0.1, 0.15) is 29.2 Å². The number of nitrogens with one attached hydrogen (secondary N) is 1. The molecule has 1 aromatic heterocycles. The minimum Gasteiger partial charge on any atom is -0.480 e. The molecule has 0 spiro atoms. The highest BCUT2D eigenvalue weighted by atomic mass is 32.1. The van der Waals surface area contributed by atoms with Gasteiger partial charge < -0.3 is 10.4 Å². The zero-order chi connectivity index (χ0) is 11.6. The van der Waals surface area contributed by atoms with E-state index in [1.54, 1.807) is 6.92 Å². The predicted molar refractivity (Wildman–Crippen MR) is 57.6 cm³/mol. The average molecular weight is 228 g/mol. The number of aliphatic carboxylic acids is 1. The Balaban J connectivity index is 2.84. The summed E-state index contributed by atoms with van der Waals surface area (Å²) in [5.41, 5.74) is 0.403. The number of aromatic nitrogens is 1. The molecule has 15 heavy (non-hydrogen) atoms. The van der Waals surface area contributed by atoms with Crippen LogP contribution < -0.4 is 5.32 Å². The van der Waals surface area contributed by atoms with E-state index in [0.29, 0.717) is 10.8 Å². The van der Waals surface area contributed by atoms with Gasteiger partial charge in [0.25, 0.3) is 0 Å². The van der Waals surface area contributed by atoms with Gasteiger partial charge in [-0.15, -0.1) is 11.3 Å². The maximum absolute atomic E-state index is 11.1. The van der Waals surface area contributed by atoms with Gasteiger partial charge in [0.2, 0.25) is 0 Å². The first kappa shape index (κ1) is 11.6. The molecule has 82 valence electrons. The Morgan fingerprint density at radius 3 is 2.53 bits per heavy atom. The van der Waals surface area contributed by atoms with Gasteiger partial charge in [0.15, 0.2) is 10.9 Å². The summed E-state index contributed by atoms with van der Waals surface area (Å²) >= 11 is 1.28. The lowest BCUT2D eigenvalue weighted by Gasteiger charge is -2.05. The molecule has 0 bridgehead atoms. The van der Waals surface area contributed by atoms with Crippen LogP contribution in [-0.4, -0.2) is 27.9 Å². The number of anilines is 1. The summed E-state index contributed by atoms with van der Waals surface area (Å²) in [5, 5.41) is 11.9. The third-order valence-corrected chi connectivity index (χ3v) is 2.74. The summed E-state index contributed by atoms with van der Waals surface area (Å²) in [4.78, 5) is 26.5. The Kier molecular flexibility index (Phi) is 3.41. The second-order valence-electron chi connectivity index (χ2n) is 3.18. The molecule has 1 atom stereocenters. The molecule has 2 N–H and O–H groups in total. The van der Waals surface area contributed by atoms with E-state index in [1.807, 2.05) is 0 Å². The lowest BCUT2D eigenvalue weighted by atomic mass is 10.3. The van der Waals surface area contributed by atoms with Crippen molar-refractivity contribution in [1.29, 1.82) is 0 Å². The normalized spacial score (nSPS) is 12.2. The summed E-state index contributed by atoms with van der Waals surface area (Å²) in [6, 6.07) is -0.713. The molecule has 0 aliphatic rings. The quantitative estimate of drug-likeness (QED) is 0.764. The Bertz CT molecular complexity index is 400. The summed E-state index contributed by atoms with van der Waals surface area (Å²) in [6.45, 7) is 4.74. The van der Waals surface area contributed by atoms with Crippen LogP contribution in [0.3, 0.4) is 0 Å². The number of hydrogen-bond donors (Lipinski definition) is 2. The van der Waals surface area contributed by atoms with Crippen LogP contribution in [0.15, 0.2) is 0 Å². The summed E-state index contributed by atoms with van der Waals surface area (Å²) < 4.78 is 0. The number of carbonyl (C=O) groups is 2. The first-order valence-corrected chi connectivity index (χ1v) is 5.21. The van der Waals surface area contributed by atoms with Crippen LogP contribution in [0.5, 0.6) is 0 Å². The van der Waals surface area contributed by atoms with Crippen LogP contribution in [0.4, 0.5) is 5.13 Å². The van der Waals surface area contributed by atoms with Crippen molar-refractivity contribution in [2.24, 2.45) is 0 Å². The van der Waals surface area contributed by atoms with E-state index in [9.17, 15) is 9.59 Å². The van der Waals surface area contributed by atoms with Crippen molar-refractivity contribution in [3.05, 3.63) is 10.6 Å². The van der Waals surface area contributed by atoms with E-state index in [-0.39, 0.29) is 5.78 Å². The second kappa shape index (κ2) is 4.39. The summed E-state index contributed by atoms with van der Waals surface area (Å²) in [5.74, 6) is -1.06. The third-order valence-electron chi connectivity index (χ3n) is 1.84. The maximum atomic E-state index is 11.1. The molecule has 0 saturated carbocycles. The topological polar surface area (TPSA) is 79.3 Å². The van der Waals surface area contributed by atoms with Crippen LogP contribution in [0.2, 0.25) is 0 Å². The predicted octanol–water partition coefficient (Wildman–Crippen LogP) is 1.54. The maximum Gasteiger partial charge on any atom is 0.325 e. The molecular formula is C9H12N2O3S. The molecule has 0 fully saturated rings. The van der Waals surface area contributed by atoms with Gasteiger partial charge >= 0.3 is 5.97 Å². The number of nitrogens with zero attached hydrogens (tertiary/aromatic N) is 1. The zero-order valence-electron chi connectivity index (χ0n) is 8.70. The van der Waals surface area contributed by atoms with E-state index in [1.165, 1.54) is 25.2 Å². The van der Waals surface area contributed by atoms with Crippen LogP contribution in [0.25, 0.3) is 0 Å². The Morgan fingerprint density at radius 1 is 1.53 bits per heavy atom. The smallest absolute Gasteiger partial charge is 0.325 e. The molecular weight excluding hydrogens is 216 g/mol. The highest BCUT2D eigenvalue weighted by molar-refractivity contribution is 7.15. The first-order valence-electron chi connectivity index (χ1n) is 4.39. The zero-order valence-corrected chi connectivity index (χ0v) is 9.51. The van der Waals surface area contributed by atoms with Crippen LogP contribution >= 0.6 is 11.3 Å². The van der Waals surface area contributed by atoms with Gasteiger partial charge in [-0.25, -0.2) is 4.98 Å². The Hall–Kier alpha value is -1.43. The molecule has 1 aromatic rings. The number of carbonyl (C=O) groups excluding carboxylic acids is 1. The molecule has 1 heterocycles. The second-order valence-corrected chi connectivity index (χ2v) is 4.39. The van der Waals surface area contributed by atoms with Gasteiger partial charge in [-0.2, -0.15) is 0 Å². The Labute approximate surface area is 91.1 Å². The number of carboxylic acids is 1. The molecule has 0 radical (unpaired) electrons. The van der Waals surface area contributed by atoms with Crippen molar-refractivity contribution in [2.75, 3.05) is 5.32 Å². The molecule has 0 aromatic carbocycles. The number of thiazole rings is 1. The molecule has 1 rings (SSSR count). The van der Waals surface area contributed by atoms with Gasteiger partial charge in [0.1, 0.15) is 11.7 Å². The number of carboxylic acid groups (broad SMARTS) is 1. The van der Waals surface area contributed by atoms with Crippen molar-refractivity contribution in [3.63, 3.8) is 0 Å². The van der Waals surface area contributed by atoms with E-state index in [0.717, 1.165) is 4.88 Å². The van der Waals surface area contributed by atoms with Crippen molar-refractivity contribution >= 4 is 28.2 Å². The van der Waals surface area contributed by atoms with Gasteiger partial charge in [0, 0.05) is 11.8 Å². The highest BCUT2D eigenvalue weighted by Crippen LogP contribution is 2.22. The molecule has 6 heteroatoms. The largest absolute Gasteiger partial charge is 0.480 e. The lowest BCUT2D eigenvalue weighted by molar-refractivity contribution is -0.137. The average Bonchev–Trinajstić information content (AvgIpc) is 2.46. The fourth-order valence-corrected chi connectivity index (χ4v) is 1.98. The number of hydrogen-bond acceptors (Lipinski definition) is 5.